The molecule has 4 nitrogen and oxygen atoms in total. The summed E-state index contributed by atoms with van der Waals surface area (Å²) >= 11 is 0. The Morgan fingerprint density at radius 2 is 1.26 bits per heavy atom. The summed E-state index contributed by atoms with van der Waals surface area (Å²) in [6.07, 6.45) is 19.0. The number of carbonyl (C=O) groups excluding carboxylic acids is 1. The van der Waals surface area contributed by atoms with Crippen molar-refractivity contribution in [2.45, 2.75) is 96.8 Å². The summed E-state index contributed by atoms with van der Waals surface area (Å²) in [4.78, 5) is 13.0. The zero-order chi connectivity index (χ0) is 16.8. The Morgan fingerprint density at radius 1 is 0.826 bits per heavy atom. The van der Waals surface area contributed by atoms with Crippen molar-refractivity contribution in [3.05, 3.63) is 0 Å². The molecule has 134 valence electrons. The molecule has 1 rings (SSSR count). The van der Waals surface area contributed by atoms with Gasteiger partial charge in [0.15, 0.2) is 5.96 Å². The fourth-order valence-electron chi connectivity index (χ4n) is 3.19. The number of rotatable bonds is 15. The Labute approximate surface area is 142 Å². The van der Waals surface area contributed by atoms with Crippen molar-refractivity contribution < 1.29 is 4.79 Å². The molecule has 2 N–H and O–H groups in total. The van der Waals surface area contributed by atoms with Crippen molar-refractivity contribution >= 4 is 11.9 Å². The SMILES string of the molecule is CCCCCCCCCCCCCCCCN1CC(=O)NC1=N. The van der Waals surface area contributed by atoms with Crippen LogP contribution >= 0.6 is 0 Å². The summed E-state index contributed by atoms with van der Waals surface area (Å²) in [5.41, 5.74) is 0. The lowest BCUT2D eigenvalue weighted by Crippen LogP contribution is -2.29. The molecule has 0 radical (unpaired) electrons. The van der Waals surface area contributed by atoms with Crippen LogP contribution < -0.4 is 5.32 Å². The predicted octanol–water partition coefficient (Wildman–Crippen LogP) is 4.83. The van der Waals surface area contributed by atoms with Gasteiger partial charge in [-0.05, 0) is 6.42 Å². The maximum atomic E-state index is 11.1. The summed E-state index contributed by atoms with van der Waals surface area (Å²) in [7, 11) is 0. The molecular weight excluding hydrogens is 286 g/mol. The van der Waals surface area contributed by atoms with Gasteiger partial charge in [0.25, 0.3) is 0 Å². The van der Waals surface area contributed by atoms with Crippen LogP contribution in [0.5, 0.6) is 0 Å². The summed E-state index contributed by atoms with van der Waals surface area (Å²) < 4.78 is 0. The predicted molar refractivity (Wildman–Crippen MR) is 97.8 cm³/mol. The van der Waals surface area contributed by atoms with Crippen molar-refractivity contribution in [1.29, 1.82) is 5.41 Å². The Bertz CT molecular complexity index is 331. The number of guanidine groups is 1. The van der Waals surface area contributed by atoms with Gasteiger partial charge in [-0.3, -0.25) is 15.5 Å². The lowest BCUT2D eigenvalue weighted by Gasteiger charge is -2.14. The number of unbranched alkanes of at least 4 members (excludes halogenated alkanes) is 13. The second kappa shape index (κ2) is 13.4. The lowest BCUT2D eigenvalue weighted by molar-refractivity contribution is -0.118. The molecule has 0 unspecified atom stereocenters. The topological polar surface area (TPSA) is 56.2 Å². The average Bonchev–Trinajstić information content (AvgIpc) is 2.85. The summed E-state index contributed by atoms with van der Waals surface area (Å²) in [6.45, 7) is 3.49. The van der Waals surface area contributed by atoms with Crippen LogP contribution in [0.15, 0.2) is 0 Å². The van der Waals surface area contributed by atoms with Crippen LogP contribution in [0.25, 0.3) is 0 Å². The maximum absolute atomic E-state index is 11.1. The lowest BCUT2D eigenvalue weighted by atomic mass is 10.0. The minimum Gasteiger partial charge on any atom is -0.334 e. The Hall–Kier alpha value is -1.06. The third-order valence-corrected chi connectivity index (χ3v) is 4.69. The van der Waals surface area contributed by atoms with Gasteiger partial charge in [0.1, 0.15) is 6.54 Å². The molecule has 1 aliphatic heterocycles. The Morgan fingerprint density at radius 3 is 1.65 bits per heavy atom. The average molecular weight is 324 g/mol. The number of nitrogens with one attached hydrogen (secondary N) is 2. The van der Waals surface area contributed by atoms with Gasteiger partial charge in [-0.25, -0.2) is 0 Å². The van der Waals surface area contributed by atoms with E-state index >= 15 is 0 Å². The standard InChI is InChI=1S/C19H37N3O/c1-2-3-4-5-6-7-8-9-10-11-12-13-14-15-16-22-17-18(23)21-19(22)20/h2-17H2,1H3,(H2,20,21,23). The highest BCUT2D eigenvalue weighted by Gasteiger charge is 2.22. The van der Waals surface area contributed by atoms with E-state index in [0.717, 1.165) is 13.0 Å². The van der Waals surface area contributed by atoms with Crippen molar-refractivity contribution in [1.82, 2.24) is 10.2 Å². The van der Waals surface area contributed by atoms with Gasteiger partial charge in [-0.2, -0.15) is 0 Å². The quantitative estimate of drug-likeness (QED) is 0.424. The molecule has 1 aliphatic rings. The number of carbonyl (C=O) groups is 1. The van der Waals surface area contributed by atoms with E-state index in [1.54, 1.807) is 0 Å². The highest BCUT2D eigenvalue weighted by atomic mass is 16.2. The largest absolute Gasteiger partial charge is 0.334 e. The van der Waals surface area contributed by atoms with E-state index in [1.807, 2.05) is 4.90 Å². The number of hydrogen-bond donors (Lipinski definition) is 2. The molecule has 23 heavy (non-hydrogen) atoms. The Kier molecular flexibility index (Phi) is 11.6. The normalized spacial score (nSPS) is 14.6. The van der Waals surface area contributed by atoms with Crippen LogP contribution in [0.3, 0.4) is 0 Å². The minimum absolute atomic E-state index is 0.0413. The van der Waals surface area contributed by atoms with E-state index in [9.17, 15) is 4.79 Å². The molecule has 1 saturated heterocycles. The van der Waals surface area contributed by atoms with Gasteiger partial charge in [-0.1, -0.05) is 90.4 Å². The monoisotopic (exact) mass is 323 g/mol. The molecule has 0 aromatic carbocycles. The van der Waals surface area contributed by atoms with Crippen molar-refractivity contribution in [3.8, 4) is 0 Å². The van der Waals surface area contributed by atoms with Gasteiger partial charge < -0.3 is 4.90 Å². The first kappa shape index (κ1) is 20.0. The molecule has 0 saturated carbocycles. The molecular formula is C19H37N3O. The zero-order valence-electron chi connectivity index (χ0n) is 15.2. The smallest absolute Gasteiger partial charge is 0.246 e. The van der Waals surface area contributed by atoms with Crippen molar-refractivity contribution in [2.24, 2.45) is 0 Å². The van der Waals surface area contributed by atoms with E-state index in [-0.39, 0.29) is 11.9 Å². The third-order valence-electron chi connectivity index (χ3n) is 4.69. The van der Waals surface area contributed by atoms with Gasteiger partial charge in [0.2, 0.25) is 5.91 Å². The van der Waals surface area contributed by atoms with Crippen LogP contribution in [0.4, 0.5) is 0 Å². The van der Waals surface area contributed by atoms with E-state index in [1.165, 1.54) is 83.5 Å². The fraction of sp³-hybridized carbons (Fsp3) is 0.895. The zero-order valence-corrected chi connectivity index (χ0v) is 15.2. The van der Waals surface area contributed by atoms with E-state index in [2.05, 4.69) is 12.2 Å². The molecule has 0 aliphatic carbocycles. The number of nitrogens with zero attached hydrogens (tertiary/aromatic N) is 1. The highest BCUT2D eigenvalue weighted by molar-refractivity contribution is 6.02. The molecule has 0 atom stereocenters. The van der Waals surface area contributed by atoms with Crippen LogP contribution in [-0.2, 0) is 4.79 Å². The van der Waals surface area contributed by atoms with E-state index in [0.29, 0.717) is 6.54 Å². The van der Waals surface area contributed by atoms with E-state index < -0.39 is 0 Å². The van der Waals surface area contributed by atoms with Crippen molar-refractivity contribution in [3.63, 3.8) is 0 Å². The molecule has 0 aromatic heterocycles. The van der Waals surface area contributed by atoms with Crippen molar-refractivity contribution in [2.75, 3.05) is 13.1 Å². The molecule has 0 spiro atoms. The van der Waals surface area contributed by atoms with Gasteiger partial charge >= 0.3 is 0 Å². The summed E-state index contributed by atoms with van der Waals surface area (Å²) in [6, 6.07) is 0. The van der Waals surface area contributed by atoms with Gasteiger partial charge in [0.05, 0.1) is 0 Å². The van der Waals surface area contributed by atoms with Gasteiger partial charge in [-0.15, -0.1) is 0 Å². The molecule has 0 aromatic rings. The molecule has 4 heteroatoms. The van der Waals surface area contributed by atoms with Crippen LogP contribution in [-0.4, -0.2) is 29.9 Å². The molecule has 1 amide bonds. The first-order valence-corrected chi connectivity index (χ1v) is 9.87. The molecule has 1 heterocycles. The Balaban J connectivity index is 1.75. The first-order chi connectivity index (χ1) is 11.2. The fourth-order valence-corrected chi connectivity index (χ4v) is 3.19. The molecule has 1 fully saturated rings. The van der Waals surface area contributed by atoms with Crippen LogP contribution in [0, 0.1) is 5.41 Å². The maximum Gasteiger partial charge on any atom is 0.246 e. The number of hydrogen-bond acceptors (Lipinski definition) is 2. The third kappa shape index (κ3) is 10.4. The number of amides is 1. The second-order valence-corrected chi connectivity index (χ2v) is 6.91. The second-order valence-electron chi connectivity index (χ2n) is 6.91. The minimum atomic E-state index is -0.0413. The van der Waals surface area contributed by atoms with Crippen LogP contribution in [0.2, 0.25) is 0 Å². The first-order valence-electron chi connectivity index (χ1n) is 9.87. The molecule has 0 bridgehead atoms. The van der Waals surface area contributed by atoms with E-state index in [4.69, 9.17) is 5.41 Å². The summed E-state index contributed by atoms with van der Waals surface area (Å²) in [5, 5.41) is 10.1. The summed E-state index contributed by atoms with van der Waals surface area (Å²) in [5.74, 6) is 0.241. The van der Waals surface area contributed by atoms with Crippen LogP contribution in [0.1, 0.15) is 96.8 Å². The highest BCUT2D eigenvalue weighted by Crippen LogP contribution is 2.13. The van der Waals surface area contributed by atoms with Gasteiger partial charge in [0, 0.05) is 6.54 Å².